The quantitative estimate of drug-likeness (QED) is 0.316. The van der Waals surface area contributed by atoms with Gasteiger partial charge in [-0.2, -0.15) is 5.10 Å². The average Bonchev–Trinajstić information content (AvgIpc) is 3.25. The summed E-state index contributed by atoms with van der Waals surface area (Å²) < 4.78 is 5.14. The number of piperidine rings is 1. The second-order valence-electron chi connectivity index (χ2n) is 8.76. The topological polar surface area (TPSA) is 103 Å². The number of benzene rings is 2. The zero-order valence-electron chi connectivity index (χ0n) is 20.4. The summed E-state index contributed by atoms with van der Waals surface area (Å²) in [5.41, 5.74) is 6.07. The molecule has 0 spiro atoms. The van der Waals surface area contributed by atoms with Gasteiger partial charge in [-0.25, -0.2) is 5.43 Å². The standard InChI is InChI=1S/C27H30N4O4S/c1-18-17-36-27(24(18)26(34)30-28-15-19-6-8-23(35-2)9-7-19)29-25(33)21-5-3-4-20(14-21)16-31-12-10-22(32)11-13-31/h3-9,14-15,17,22,32H,10-13,16H2,1-2H3,(H,29,33)(H,30,34)/b28-15+. The Morgan fingerprint density at radius 3 is 2.64 bits per heavy atom. The molecule has 1 aromatic heterocycles. The number of amides is 2. The van der Waals surface area contributed by atoms with Crippen LogP contribution in [0.25, 0.3) is 0 Å². The van der Waals surface area contributed by atoms with E-state index < -0.39 is 5.91 Å². The average molecular weight is 507 g/mol. The van der Waals surface area contributed by atoms with Crippen molar-refractivity contribution in [1.29, 1.82) is 0 Å². The zero-order chi connectivity index (χ0) is 25.5. The van der Waals surface area contributed by atoms with E-state index >= 15 is 0 Å². The van der Waals surface area contributed by atoms with E-state index in [9.17, 15) is 14.7 Å². The van der Waals surface area contributed by atoms with E-state index in [0.29, 0.717) is 16.1 Å². The molecule has 1 saturated heterocycles. The Balaban J connectivity index is 1.39. The Bertz CT molecular complexity index is 1230. The summed E-state index contributed by atoms with van der Waals surface area (Å²) >= 11 is 1.30. The van der Waals surface area contributed by atoms with Gasteiger partial charge in [-0.15, -0.1) is 11.3 Å². The van der Waals surface area contributed by atoms with Gasteiger partial charge in [-0.3, -0.25) is 14.5 Å². The highest BCUT2D eigenvalue weighted by Crippen LogP contribution is 2.28. The van der Waals surface area contributed by atoms with Gasteiger partial charge >= 0.3 is 0 Å². The predicted octanol–water partition coefficient (Wildman–Crippen LogP) is 4.04. The van der Waals surface area contributed by atoms with Gasteiger partial charge < -0.3 is 15.2 Å². The number of aryl methyl sites for hydroxylation is 1. The molecule has 0 aliphatic carbocycles. The third-order valence-corrected chi connectivity index (χ3v) is 7.09. The van der Waals surface area contributed by atoms with Gasteiger partial charge in [0.2, 0.25) is 0 Å². The molecule has 8 nitrogen and oxygen atoms in total. The maximum absolute atomic E-state index is 13.0. The number of ether oxygens (including phenoxy) is 1. The van der Waals surface area contributed by atoms with Gasteiger partial charge in [-0.1, -0.05) is 12.1 Å². The van der Waals surface area contributed by atoms with E-state index in [0.717, 1.165) is 54.9 Å². The second-order valence-corrected chi connectivity index (χ2v) is 9.64. The van der Waals surface area contributed by atoms with Crippen molar-refractivity contribution in [3.8, 4) is 5.75 Å². The lowest BCUT2D eigenvalue weighted by Gasteiger charge is -2.29. The van der Waals surface area contributed by atoms with Crippen LogP contribution in [0.1, 0.15) is 50.2 Å². The van der Waals surface area contributed by atoms with Crippen LogP contribution in [0.5, 0.6) is 5.75 Å². The monoisotopic (exact) mass is 506 g/mol. The molecule has 4 rings (SSSR count). The summed E-state index contributed by atoms with van der Waals surface area (Å²) in [5, 5.41) is 19.0. The molecule has 9 heteroatoms. The summed E-state index contributed by atoms with van der Waals surface area (Å²) in [7, 11) is 1.60. The van der Waals surface area contributed by atoms with Gasteiger partial charge in [0.25, 0.3) is 11.8 Å². The van der Waals surface area contributed by atoms with E-state index in [1.807, 2.05) is 54.8 Å². The normalized spacial score (nSPS) is 14.6. The zero-order valence-corrected chi connectivity index (χ0v) is 21.2. The highest BCUT2D eigenvalue weighted by Gasteiger charge is 2.20. The van der Waals surface area contributed by atoms with Crippen molar-refractivity contribution in [3.63, 3.8) is 0 Å². The Kier molecular flexibility index (Phi) is 8.48. The van der Waals surface area contributed by atoms with Gasteiger partial charge in [-0.05, 0) is 78.2 Å². The second kappa shape index (κ2) is 11.9. The summed E-state index contributed by atoms with van der Waals surface area (Å²) in [6, 6.07) is 14.8. The Morgan fingerprint density at radius 1 is 1.17 bits per heavy atom. The van der Waals surface area contributed by atoms with Crippen molar-refractivity contribution in [3.05, 3.63) is 81.7 Å². The minimum atomic E-state index is -0.394. The third kappa shape index (κ3) is 6.57. The van der Waals surface area contributed by atoms with E-state index in [-0.39, 0.29) is 12.0 Å². The number of aliphatic hydroxyl groups is 1. The molecular formula is C27H30N4O4S. The van der Waals surface area contributed by atoms with Crippen LogP contribution in [0.15, 0.2) is 59.0 Å². The fourth-order valence-corrected chi connectivity index (χ4v) is 4.99. The first-order valence-corrected chi connectivity index (χ1v) is 12.7. The minimum Gasteiger partial charge on any atom is -0.497 e. The number of hydrazone groups is 1. The first-order chi connectivity index (χ1) is 17.4. The summed E-state index contributed by atoms with van der Waals surface area (Å²) in [6.07, 6.45) is 2.87. The molecule has 1 aliphatic rings. The minimum absolute atomic E-state index is 0.216. The van der Waals surface area contributed by atoms with Crippen LogP contribution in [-0.2, 0) is 6.54 Å². The first kappa shape index (κ1) is 25.6. The van der Waals surface area contributed by atoms with Crippen molar-refractivity contribution in [2.75, 3.05) is 25.5 Å². The summed E-state index contributed by atoms with van der Waals surface area (Å²) in [6.45, 7) is 4.23. The number of carbonyl (C=O) groups excluding carboxylic acids is 2. The van der Waals surface area contributed by atoms with Gasteiger partial charge in [0, 0.05) is 25.2 Å². The molecule has 3 aromatic rings. The highest BCUT2D eigenvalue weighted by atomic mass is 32.1. The van der Waals surface area contributed by atoms with Crippen LogP contribution in [0, 0.1) is 6.92 Å². The largest absolute Gasteiger partial charge is 0.497 e. The Morgan fingerprint density at radius 2 is 1.92 bits per heavy atom. The number of hydrogen-bond donors (Lipinski definition) is 3. The van der Waals surface area contributed by atoms with Crippen molar-refractivity contribution in [2.45, 2.75) is 32.4 Å². The lowest BCUT2D eigenvalue weighted by atomic mass is 10.1. The van der Waals surface area contributed by atoms with Gasteiger partial charge in [0.1, 0.15) is 10.8 Å². The first-order valence-electron chi connectivity index (χ1n) is 11.8. The number of thiophene rings is 1. The molecule has 3 N–H and O–H groups in total. The smallest absolute Gasteiger partial charge is 0.274 e. The highest BCUT2D eigenvalue weighted by molar-refractivity contribution is 7.15. The maximum Gasteiger partial charge on any atom is 0.274 e. The fourth-order valence-electron chi connectivity index (χ4n) is 4.05. The fraction of sp³-hybridized carbons (Fsp3) is 0.296. The molecule has 36 heavy (non-hydrogen) atoms. The maximum atomic E-state index is 13.0. The molecule has 1 fully saturated rings. The lowest BCUT2D eigenvalue weighted by Crippen LogP contribution is -2.35. The van der Waals surface area contributed by atoms with Gasteiger partial charge in [0.15, 0.2) is 0 Å². The number of anilines is 1. The van der Waals surface area contributed by atoms with Crippen LogP contribution < -0.4 is 15.5 Å². The molecule has 0 bridgehead atoms. The van der Waals surface area contributed by atoms with Crippen LogP contribution in [0.4, 0.5) is 5.00 Å². The number of hydrogen-bond acceptors (Lipinski definition) is 7. The molecule has 1 aliphatic heterocycles. The molecule has 2 amide bonds. The number of nitrogens with zero attached hydrogens (tertiary/aromatic N) is 2. The number of likely N-dealkylation sites (tertiary alicyclic amines) is 1. The van der Waals surface area contributed by atoms with E-state index in [2.05, 4.69) is 20.7 Å². The summed E-state index contributed by atoms with van der Waals surface area (Å²) in [5.74, 6) is 0.0701. The molecule has 0 atom stereocenters. The van der Waals surface area contributed by atoms with Crippen LogP contribution in [-0.4, -0.2) is 54.3 Å². The number of aliphatic hydroxyl groups excluding tert-OH is 1. The van der Waals surface area contributed by atoms with Crippen LogP contribution in [0.3, 0.4) is 0 Å². The third-order valence-electron chi connectivity index (χ3n) is 6.08. The van der Waals surface area contributed by atoms with Crippen molar-refractivity contribution in [2.24, 2.45) is 5.10 Å². The Labute approximate surface area is 214 Å². The molecule has 2 heterocycles. The Hall–Kier alpha value is -3.53. The number of methoxy groups -OCH3 is 1. The van der Waals surface area contributed by atoms with E-state index in [1.165, 1.54) is 11.3 Å². The molecule has 0 radical (unpaired) electrons. The number of nitrogens with one attached hydrogen (secondary N) is 2. The lowest BCUT2D eigenvalue weighted by molar-refractivity contribution is 0.0792. The molecule has 2 aromatic carbocycles. The molecule has 188 valence electrons. The molecule has 0 unspecified atom stereocenters. The molecule has 0 saturated carbocycles. The van der Waals surface area contributed by atoms with E-state index in [4.69, 9.17) is 4.74 Å². The van der Waals surface area contributed by atoms with Gasteiger partial charge in [0.05, 0.1) is 25.0 Å². The SMILES string of the molecule is COc1ccc(/C=N/NC(=O)c2c(C)csc2NC(=O)c2cccc(CN3CCC(O)CC3)c2)cc1. The number of carbonyl (C=O) groups is 2. The van der Waals surface area contributed by atoms with Crippen molar-refractivity contribution in [1.82, 2.24) is 10.3 Å². The van der Waals surface area contributed by atoms with E-state index in [1.54, 1.807) is 19.4 Å². The van der Waals surface area contributed by atoms with Crippen LogP contribution >= 0.6 is 11.3 Å². The predicted molar refractivity (Wildman–Crippen MR) is 142 cm³/mol. The number of rotatable bonds is 8. The summed E-state index contributed by atoms with van der Waals surface area (Å²) in [4.78, 5) is 28.1. The van der Waals surface area contributed by atoms with Crippen molar-refractivity contribution >= 4 is 34.4 Å². The van der Waals surface area contributed by atoms with Crippen molar-refractivity contribution < 1.29 is 19.4 Å². The van der Waals surface area contributed by atoms with Crippen LogP contribution in [0.2, 0.25) is 0 Å². The molecular weight excluding hydrogens is 476 g/mol.